The normalized spacial score (nSPS) is 13.2. The first-order valence-corrected chi connectivity index (χ1v) is 4.51. The summed E-state index contributed by atoms with van der Waals surface area (Å²) < 4.78 is 40.0. The molecule has 94 valence electrons. The molecule has 0 rings (SSSR count). The van der Waals surface area contributed by atoms with E-state index in [4.69, 9.17) is 5.73 Å². The Kier molecular flexibility index (Phi) is 5.79. The SMILES string of the molecule is CCOC(=O)CC(NCC(F)(F)F)C(N)=O. The molecular formula is C8H13F3N2O3. The Morgan fingerprint density at radius 3 is 2.38 bits per heavy atom. The van der Waals surface area contributed by atoms with Gasteiger partial charge in [-0.25, -0.2) is 0 Å². The molecule has 0 aliphatic carbocycles. The second-order valence-electron chi connectivity index (χ2n) is 2.96. The molecule has 1 atom stereocenters. The second-order valence-corrected chi connectivity index (χ2v) is 2.96. The monoisotopic (exact) mass is 242 g/mol. The number of carbonyl (C=O) groups excluding carboxylic acids is 2. The lowest BCUT2D eigenvalue weighted by molar-refractivity contribution is -0.147. The highest BCUT2D eigenvalue weighted by Crippen LogP contribution is 2.13. The van der Waals surface area contributed by atoms with Crippen molar-refractivity contribution < 1.29 is 27.5 Å². The Bertz CT molecular complexity index is 255. The van der Waals surface area contributed by atoms with Crippen LogP contribution < -0.4 is 11.1 Å². The largest absolute Gasteiger partial charge is 0.466 e. The maximum Gasteiger partial charge on any atom is 0.401 e. The first kappa shape index (κ1) is 14.7. The number of carbonyl (C=O) groups is 2. The van der Waals surface area contributed by atoms with Gasteiger partial charge >= 0.3 is 12.1 Å². The average molecular weight is 242 g/mol. The first-order chi connectivity index (χ1) is 7.26. The zero-order valence-corrected chi connectivity index (χ0v) is 8.63. The van der Waals surface area contributed by atoms with Crippen molar-refractivity contribution in [1.82, 2.24) is 5.32 Å². The predicted octanol–water partition coefficient (Wildman–Crippen LogP) is -0.0546. The molecular weight excluding hydrogens is 229 g/mol. The summed E-state index contributed by atoms with van der Waals surface area (Å²) in [6, 6.07) is -1.37. The smallest absolute Gasteiger partial charge is 0.401 e. The lowest BCUT2D eigenvalue weighted by Crippen LogP contribution is -2.46. The number of nitrogens with two attached hydrogens (primary N) is 1. The number of halogens is 3. The predicted molar refractivity (Wildman–Crippen MR) is 48.3 cm³/mol. The zero-order valence-electron chi connectivity index (χ0n) is 8.63. The van der Waals surface area contributed by atoms with Crippen LogP contribution in [-0.2, 0) is 14.3 Å². The molecule has 0 aromatic rings. The van der Waals surface area contributed by atoms with Gasteiger partial charge in [0.05, 0.1) is 25.6 Å². The van der Waals surface area contributed by atoms with Crippen molar-refractivity contribution >= 4 is 11.9 Å². The molecule has 1 amide bonds. The van der Waals surface area contributed by atoms with Gasteiger partial charge in [-0.3, -0.25) is 14.9 Å². The van der Waals surface area contributed by atoms with Gasteiger partial charge in [-0.05, 0) is 6.92 Å². The third-order valence-corrected chi connectivity index (χ3v) is 1.57. The average Bonchev–Trinajstić information content (AvgIpc) is 2.10. The Morgan fingerprint density at radius 2 is 2.00 bits per heavy atom. The number of ether oxygens (including phenoxy) is 1. The van der Waals surface area contributed by atoms with E-state index in [0.29, 0.717) is 0 Å². The van der Waals surface area contributed by atoms with E-state index in [0.717, 1.165) is 0 Å². The summed E-state index contributed by atoms with van der Waals surface area (Å²) in [5.41, 5.74) is 4.83. The van der Waals surface area contributed by atoms with Crippen LogP contribution in [0, 0.1) is 0 Å². The molecule has 0 aliphatic rings. The van der Waals surface area contributed by atoms with E-state index in [1.54, 1.807) is 6.92 Å². The molecule has 0 saturated heterocycles. The van der Waals surface area contributed by atoms with Crippen LogP contribution in [0.3, 0.4) is 0 Å². The number of primary amides is 1. The Morgan fingerprint density at radius 1 is 1.44 bits per heavy atom. The quantitative estimate of drug-likeness (QED) is 0.639. The van der Waals surface area contributed by atoms with Crippen LogP contribution in [0.25, 0.3) is 0 Å². The van der Waals surface area contributed by atoms with Gasteiger partial charge in [0.25, 0.3) is 0 Å². The lowest BCUT2D eigenvalue weighted by atomic mass is 10.2. The molecule has 3 N–H and O–H groups in total. The molecule has 8 heteroatoms. The van der Waals surface area contributed by atoms with E-state index >= 15 is 0 Å². The number of esters is 1. The molecule has 0 bridgehead atoms. The molecule has 0 aromatic carbocycles. The highest BCUT2D eigenvalue weighted by molar-refractivity contribution is 5.85. The molecule has 5 nitrogen and oxygen atoms in total. The van der Waals surface area contributed by atoms with Crippen molar-refractivity contribution in [3.05, 3.63) is 0 Å². The van der Waals surface area contributed by atoms with Crippen LogP contribution in [0.1, 0.15) is 13.3 Å². The third kappa shape index (κ3) is 7.04. The van der Waals surface area contributed by atoms with Crippen LogP contribution >= 0.6 is 0 Å². The van der Waals surface area contributed by atoms with Crippen LogP contribution in [0.5, 0.6) is 0 Å². The number of rotatable bonds is 6. The molecule has 0 aliphatic heterocycles. The van der Waals surface area contributed by atoms with Crippen molar-refractivity contribution in [2.45, 2.75) is 25.6 Å². The van der Waals surface area contributed by atoms with E-state index in [2.05, 4.69) is 4.74 Å². The van der Waals surface area contributed by atoms with Gasteiger partial charge in [0.2, 0.25) is 5.91 Å². The second kappa shape index (κ2) is 6.31. The maximum atomic E-state index is 11.8. The molecule has 0 heterocycles. The number of amides is 1. The number of hydrogen-bond acceptors (Lipinski definition) is 4. The van der Waals surface area contributed by atoms with Crippen LogP contribution in [-0.4, -0.2) is 37.2 Å². The molecule has 1 unspecified atom stereocenters. The van der Waals surface area contributed by atoms with E-state index in [1.807, 2.05) is 5.32 Å². The highest BCUT2D eigenvalue weighted by atomic mass is 19.4. The summed E-state index contributed by atoms with van der Waals surface area (Å²) in [4.78, 5) is 21.7. The minimum absolute atomic E-state index is 0.0869. The Hall–Kier alpha value is -1.31. The van der Waals surface area contributed by atoms with Crippen molar-refractivity contribution in [2.24, 2.45) is 5.73 Å². The minimum Gasteiger partial charge on any atom is -0.466 e. The molecule has 0 radical (unpaired) electrons. The van der Waals surface area contributed by atoms with Gasteiger partial charge in [-0.15, -0.1) is 0 Å². The summed E-state index contributed by atoms with van der Waals surface area (Å²) in [5, 5.41) is 1.85. The standard InChI is InChI=1S/C8H13F3N2O3/c1-2-16-6(14)3-5(7(12)15)13-4-8(9,10)11/h5,13H,2-4H2,1H3,(H2,12,15). The molecule has 0 fully saturated rings. The van der Waals surface area contributed by atoms with Gasteiger partial charge in [-0.2, -0.15) is 13.2 Å². The number of nitrogens with one attached hydrogen (secondary N) is 1. The fourth-order valence-electron chi connectivity index (χ4n) is 0.899. The summed E-state index contributed by atoms with van der Waals surface area (Å²) in [7, 11) is 0. The van der Waals surface area contributed by atoms with Crippen LogP contribution in [0.2, 0.25) is 0 Å². The summed E-state index contributed by atoms with van der Waals surface area (Å²) in [6.45, 7) is 0.240. The van der Waals surface area contributed by atoms with E-state index in [1.165, 1.54) is 0 Å². The Labute approximate surface area is 90.1 Å². The molecule has 0 saturated carbocycles. The van der Waals surface area contributed by atoms with Gasteiger partial charge in [0.15, 0.2) is 0 Å². The van der Waals surface area contributed by atoms with Gasteiger partial charge < -0.3 is 10.5 Å². The number of alkyl halides is 3. The van der Waals surface area contributed by atoms with Crippen molar-refractivity contribution in [1.29, 1.82) is 0 Å². The number of hydrogen-bond donors (Lipinski definition) is 2. The summed E-state index contributed by atoms with van der Waals surface area (Å²) in [6.07, 6.45) is -4.98. The fraction of sp³-hybridized carbons (Fsp3) is 0.750. The summed E-state index contributed by atoms with van der Waals surface area (Å²) in [5.74, 6) is -1.81. The lowest BCUT2D eigenvalue weighted by Gasteiger charge is -2.15. The molecule has 16 heavy (non-hydrogen) atoms. The van der Waals surface area contributed by atoms with E-state index in [9.17, 15) is 22.8 Å². The third-order valence-electron chi connectivity index (χ3n) is 1.57. The zero-order chi connectivity index (χ0) is 12.8. The topological polar surface area (TPSA) is 81.4 Å². The fourth-order valence-corrected chi connectivity index (χ4v) is 0.899. The van der Waals surface area contributed by atoms with E-state index in [-0.39, 0.29) is 6.61 Å². The van der Waals surface area contributed by atoms with Crippen molar-refractivity contribution in [2.75, 3.05) is 13.2 Å². The maximum absolute atomic E-state index is 11.8. The van der Waals surface area contributed by atoms with Crippen LogP contribution in [0.4, 0.5) is 13.2 Å². The molecule has 0 aromatic heterocycles. The highest BCUT2D eigenvalue weighted by Gasteiger charge is 2.30. The Balaban J connectivity index is 4.18. The molecule has 0 spiro atoms. The van der Waals surface area contributed by atoms with Crippen molar-refractivity contribution in [3.63, 3.8) is 0 Å². The first-order valence-electron chi connectivity index (χ1n) is 4.51. The summed E-state index contributed by atoms with van der Waals surface area (Å²) >= 11 is 0. The van der Waals surface area contributed by atoms with Crippen molar-refractivity contribution in [3.8, 4) is 0 Å². The van der Waals surface area contributed by atoms with Gasteiger partial charge in [0, 0.05) is 0 Å². The van der Waals surface area contributed by atoms with E-state index < -0.39 is 37.1 Å². The van der Waals surface area contributed by atoms with Gasteiger partial charge in [0.1, 0.15) is 0 Å². The van der Waals surface area contributed by atoms with Crippen LogP contribution in [0.15, 0.2) is 0 Å². The minimum atomic E-state index is -4.47. The van der Waals surface area contributed by atoms with Gasteiger partial charge in [-0.1, -0.05) is 0 Å².